The normalized spacial score (nSPS) is 18.2. The number of nitrogens with one attached hydrogen (secondary N) is 1. The maximum Gasteiger partial charge on any atom is 0.416 e. The summed E-state index contributed by atoms with van der Waals surface area (Å²) in [4.78, 5) is 0. The van der Waals surface area contributed by atoms with Crippen molar-refractivity contribution in [1.82, 2.24) is 0 Å². The number of benzene rings is 2. The number of alkyl halides is 3. The minimum atomic E-state index is -4.51. The molecule has 0 aliphatic heterocycles. The second kappa shape index (κ2) is 10.0. The Labute approximate surface area is 218 Å². The highest BCUT2D eigenvalue weighted by molar-refractivity contribution is 6.03. The average molecular weight is 514 g/mol. The quantitative estimate of drug-likeness (QED) is 0.275. The highest BCUT2D eigenvalue weighted by Crippen LogP contribution is 2.45. The van der Waals surface area contributed by atoms with Gasteiger partial charge in [0.15, 0.2) is 0 Å². The molecule has 7 heteroatoms. The standard InChI is InChI=1S/C30H38F3N3O/c1-27(2,3)18-28(4,5)21-15-22(29(6,7)19-11-9-8-10-12-19)26(37)25(17-21)36-35-24-16-20(30(31,32)33)13-14-23(24)34/h8-17,23,36-37H,18,34H2,1-7H3. The van der Waals surface area contributed by atoms with Gasteiger partial charge in [-0.05, 0) is 40.5 Å². The number of aromatic hydroxyl groups is 1. The zero-order valence-corrected chi connectivity index (χ0v) is 22.7. The van der Waals surface area contributed by atoms with Crippen molar-refractivity contribution in [2.45, 2.75) is 77.9 Å². The van der Waals surface area contributed by atoms with E-state index in [1.165, 1.54) is 6.08 Å². The molecule has 0 amide bonds. The van der Waals surface area contributed by atoms with Crippen LogP contribution in [0, 0.1) is 5.41 Å². The molecule has 2 aromatic carbocycles. The molecule has 1 atom stereocenters. The molecular formula is C30H38F3N3O. The number of phenols is 1. The molecule has 1 unspecified atom stereocenters. The van der Waals surface area contributed by atoms with Crippen molar-refractivity contribution in [2.24, 2.45) is 16.3 Å². The van der Waals surface area contributed by atoms with E-state index >= 15 is 0 Å². The summed E-state index contributed by atoms with van der Waals surface area (Å²) in [6, 6.07) is 12.9. The van der Waals surface area contributed by atoms with E-state index in [0.717, 1.165) is 29.7 Å². The van der Waals surface area contributed by atoms with Gasteiger partial charge in [-0.25, -0.2) is 0 Å². The summed E-state index contributed by atoms with van der Waals surface area (Å²) in [5.74, 6) is -0.00606. The van der Waals surface area contributed by atoms with Gasteiger partial charge in [0.05, 0.1) is 23.0 Å². The minimum absolute atomic E-state index is 0.00606. The molecule has 0 radical (unpaired) electrons. The van der Waals surface area contributed by atoms with Crippen molar-refractivity contribution >= 4 is 11.4 Å². The summed E-state index contributed by atoms with van der Waals surface area (Å²) in [6.07, 6.45) is -0.495. The van der Waals surface area contributed by atoms with Crippen molar-refractivity contribution in [3.63, 3.8) is 0 Å². The van der Waals surface area contributed by atoms with Gasteiger partial charge in [-0.1, -0.05) is 97.0 Å². The molecule has 1 aliphatic carbocycles. The molecule has 0 aromatic heterocycles. The van der Waals surface area contributed by atoms with E-state index < -0.39 is 23.2 Å². The fourth-order valence-electron chi connectivity index (χ4n) is 5.04. The van der Waals surface area contributed by atoms with Crippen molar-refractivity contribution in [1.29, 1.82) is 0 Å². The monoisotopic (exact) mass is 513 g/mol. The smallest absolute Gasteiger partial charge is 0.416 e. The Bertz CT molecular complexity index is 1220. The predicted octanol–water partition coefficient (Wildman–Crippen LogP) is 7.59. The molecule has 4 nitrogen and oxygen atoms in total. The van der Waals surface area contributed by atoms with Crippen LogP contribution in [0.1, 0.15) is 71.6 Å². The van der Waals surface area contributed by atoms with Crippen LogP contribution in [0.4, 0.5) is 18.9 Å². The first-order valence-electron chi connectivity index (χ1n) is 12.4. The van der Waals surface area contributed by atoms with E-state index in [0.29, 0.717) is 11.3 Å². The Morgan fingerprint density at radius 1 is 0.946 bits per heavy atom. The Balaban J connectivity index is 2.15. The lowest BCUT2D eigenvalue weighted by atomic mass is 9.70. The van der Waals surface area contributed by atoms with E-state index in [9.17, 15) is 18.3 Å². The van der Waals surface area contributed by atoms with Gasteiger partial charge in [-0.2, -0.15) is 18.3 Å². The molecule has 0 saturated heterocycles. The topological polar surface area (TPSA) is 70.6 Å². The second-order valence-corrected chi connectivity index (χ2v) is 12.2. The van der Waals surface area contributed by atoms with Crippen LogP contribution in [0.15, 0.2) is 71.4 Å². The van der Waals surface area contributed by atoms with Crippen LogP contribution in [-0.2, 0) is 10.8 Å². The SMILES string of the molecule is CC(C)(C)CC(C)(C)c1cc(NN=C2C=C(C(F)(F)F)C=CC2N)c(O)c(C(C)(C)c2ccccc2)c1. The molecule has 3 rings (SSSR count). The number of hydrogen-bond donors (Lipinski definition) is 3. The van der Waals surface area contributed by atoms with Crippen LogP contribution in [0.2, 0.25) is 0 Å². The van der Waals surface area contributed by atoms with Gasteiger partial charge in [0.2, 0.25) is 0 Å². The van der Waals surface area contributed by atoms with Gasteiger partial charge in [0.1, 0.15) is 5.75 Å². The third-order valence-corrected chi connectivity index (χ3v) is 6.79. The molecular weight excluding hydrogens is 475 g/mol. The summed E-state index contributed by atoms with van der Waals surface area (Å²) in [5.41, 5.74) is 10.3. The lowest BCUT2D eigenvalue weighted by Crippen LogP contribution is -2.31. The molecule has 0 saturated carbocycles. The Kier molecular flexibility index (Phi) is 7.71. The van der Waals surface area contributed by atoms with Crippen LogP contribution >= 0.6 is 0 Å². The number of nitrogens with zero attached hydrogens (tertiary/aromatic N) is 1. The highest BCUT2D eigenvalue weighted by Gasteiger charge is 2.35. The average Bonchev–Trinajstić information content (AvgIpc) is 2.77. The fourth-order valence-corrected chi connectivity index (χ4v) is 5.04. The van der Waals surface area contributed by atoms with Crippen molar-refractivity contribution in [3.05, 3.63) is 83.0 Å². The van der Waals surface area contributed by atoms with Crippen LogP contribution in [0.3, 0.4) is 0 Å². The van der Waals surface area contributed by atoms with Crippen LogP contribution in [-0.4, -0.2) is 23.0 Å². The maximum atomic E-state index is 13.3. The number of nitrogens with two attached hydrogens (primary N) is 1. The number of allylic oxidation sites excluding steroid dienone is 2. The summed E-state index contributed by atoms with van der Waals surface area (Å²) in [6.45, 7) is 14.9. The maximum absolute atomic E-state index is 13.3. The molecule has 0 bridgehead atoms. The predicted molar refractivity (Wildman–Crippen MR) is 146 cm³/mol. The number of anilines is 1. The van der Waals surface area contributed by atoms with Crippen LogP contribution < -0.4 is 11.2 Å². The van der Waals surface area contributed by atoms with Gasteiger partial charge in [0.25, 0.3) is 0 Å². The third kappa shape index (κ3) is 6.63. The first kappa shape index (κ1) is 28.5. The highest BCUT2D eigenvalue weighted by atomic mass is 19.4. The molecule has 200 valence electrons. The van der Waals surface area contributed by atoms with Gasteiger partial charge in [-0.3, -0.25) is 5.43 Å². The first-order chi connectivity index (χ1) is 16.9. The first-order valence-corrected chi connectivity index (χ1v) is 12.4. The molecule has 37 heavy (non-hydrogen) atoms. The van der Waals surface area contributed by atoms with Crippen molar-refractivity contribution in [3.8, 4) is 5.75 Å². The summed E-state index contributed by atoms with van der Waals surface area (Å²) >= 11 is 0. The fraction of sp³-hybridized carbons (Fsp3) is 0.433. The largest absolute Gasteiger partial charge is 0.505 e. The van der Waals surface area contributed by atoms with E-state index in [-0.39, 0.29) is 22.3 Å². The third-order valence-electron chi connectivity index (χ3n) is 6.79. The zero-order valence-electron chi connectivity index (χ0n) is 22.7. The van der Waals surface area contributed by atoms with Crippen LogP contribution in [0.5, 0.6) is 5.75 Å². The number of halogens is 3. The summed E-state index contributed by atoms with van der Waals surface area (Å²) in [5, 5.41) is 15.6. The zero-order chi connectivity index (χ0) is 27.8. The number of hydrogen-bond acceptors (Lipinski definition) is 4. The number of hydrazone groups is 1. The Morgan fingerprint density at radius 3 is 2.14 bits per heavy atom. The summed E-state index contributed by atoms with van der Waals surface area (Å²) < 4.78 is 39.8. The van der Waals surface area contributed by atoms with Gasteiger partial charge in [0, 0.05) is 11.0 Å². The summed E-state index contributed by atoms with van der Waals surface area (Å²) in [7, 11) is 0. The second-order valence-electron chi connectivity index (χ2n) is 12.2. The van der Waals surface area contributed by atoms with Crippen molar-refractivity contribution in [2.75, 3.05) is 5.43 Å². The molecule has 4 N–H and O–H groups in total. The lowest BCUT2D eigenvalue weighted by molar-refractivity contribution is -0.0881. The minimum Gasteiger partial charge on any atom is -0.505 e. The Morgan fingerprint density at radius 2 is 1.57 bits per heavy atom. The molecule has 0 spiro atoms. The van der Waals surface area contributed by atoms with E-state index in [2.05, 4.69) is 45.1 Å². The van der Waals surface area contributed by atoms with Gasteiger partial charge >= 0.3 is 6.18 Å². The Hall–Kier alpha value is -3.06. The van der Waals surface area contributed by atoms with Crippen molar-refractivity contribution < 1.29 is 18.3 Å². The number of rotatable bonds is 6. The van der Waals surface area contributed by atoms with E-state index in [1.54, 1.807) is 0 Å². The van der Waals surface area contributed by atoms with Crippen LogP contribution in [0.25, 0.3) is 0 Å². The number of phenolic OH excluding ortho intramolecular Hbond substituents is 1. The molecule has 1 aliphatic rings. The van der Waals surface area contributed by atoms with Gasteiger partial charge in [-0.15, -0.1) is 0 Å². The van der Waals surface area contributed by atoms with E-state index in [1.807, 2.05) is 56.3 Å². The molecule has 2 aromatic rings. The van der Waals surface area contributed by atoms with Gasteiger partial charge < -0.3 is 10.8 Å². The van der Waals surface area contributed by atoms with E-state index in [4.69, 9.17) is 5.73 Å². The lowest BCUT2D eigenvalue weighted by Gasteiger charge is -2.35. The molecule has 0 heterocycles. The molecule has 0 fully saturated rings.